The molecule has 0 bridgehead atoms. The number of anilines is 1. The van der Waals surface area contributed by atoms with Gasteiger partial charge < -0.3 is 10.2 Å². The molecule has 0 saturated carbocycles. The molecule has 134 valence electrons. The first-order valence-electron chi connectivity index (χ1n) is 8.56. The summed E-state index contributed by atoms with van der Waals surface area (Å²) in [6.07, 6.45) is 4.80. The normalized spacial score (nSPS) is 19.1. The van der Waals surface area contributed by atoms with Crippen molar-refractivity contribution < 1.29 is 4.79 Å². The maximum atomic E-state index is 11.1. The number of likely N-dealkylation sites (N-methyl/N-ethyl adjacent to an activating group) is 1. The first-order valence-corrected chi connectivity index (χ1v) is 9.37. The third kappa shape index (κ3) is 5.07. The lowest BCUT2D eigenvalue weighted by molar-refractivity contribution is -0.114. The molecule has 1 aliphatic rings. The fraction of sp³-hybridized carbons (Fsp3) is 0.500. The number of carbonyl (C=O) groups is 1. The number of nitrogens with one attached hydrogen (secondary N) is 1. The fourth-order valence-corrected chi connectivity index (χ4v) is 4.09. The maximum absolute atomic E-state index is 11.1. The molecular formula is C18H25N5OS. The summed E-state index contributed by atoms with van der Waals surface area (Å²) in [7, 11) is 2.21. The first kappa shape index (κ1) is 18.0. The third-order valence-electron chi connectivity index (χ3n) is 4.51. The van der Waals surface area contributed by atoms with Gasteiger partial charge in [-0.05, 0) is 38.1 Å². The van der Waals surface area contributed by atoms with Crippen molar-refractivity contribution in [2.45, 2.75) is 32.9 Å². The van der Waals surface area contributed by atoms with E-state index >= 15 is 0 Å². The number of hydrogen-bond acceptors (Lipinski definition) is 6. The minimum absolute atomic E-state index is 0.0757. The predicted molar refractivity (Wildman–Crippen MR) is 101 cm³/mol. The Morgan fingerprint density at radius 1 is 1.40 bits per heavy atom. The number of amides is 1. The Hall–Kier alpha value is -1.83. The van der Waals surface area contributed by atoms with Crippen molar-refractivity contribution >= 4 is 22.4 Å². The lowest BCUT2D eigenvalue weighted by Gasteiger charge is -2.39. The molecule has 0 unspecified atom stereocenters. The summed E-state index contributed by atoms with van der Waals surface area (Å²) in [6.45, 7) is 7.58. The number of hydrogen-bond donors (Lipinski definition) is 1. The van der Waals surface area contributed by atoms with E-state index in [0.717, 1.165) is 38.3 Å². The predicted octanol–water partition coefficient (Wildman–Crippen LogP) is 2.16. The number of pyridine rings is 1. The molecule has 1 saturated heterocycles. The molecule has 1 amide bonds. The van der Waals surface area contributed by atoms with Crippen molar-refractivity contribution in [1.29, 1.82) is 0 Å². The standard InChI is InChI=1S/C18H25N5OS/c1-13-8-15(4-5-19-13)9-16-11-23(7-6-22(16)3)12-17-10-20-18(25-17)21-14(2)24/h4-5,8,10,16H,6-7,9,11-12H2,1-3H3,(H,20,21,24)/t16-/m1/s1. The molecule has 7 heteroatoms. The second-order valence-corrected chi connectivity index (χ2v) is 7.81. The van der Waals surface area contributed by atoms with E-state index in [1.807, 2.05) is 19.3 Å². The van der Waals surface area contributed by atoms with Crippen molar-refractivity contribution in [3.8, 4) is 0 Å². The van der Waals surface area contributed by atoms with E-state index in [4.69, 9.17) is 0 Å². The van der Waals surface area contributed by atoms with Crippen LogP contribution >= 0.6 is 11.3 Å². The van der Waals surface area contributed by atoms with Gasteiger partial charge in [0.25, 0.3) is 0 Å². The Labute approximate surface area is 152 Å². The highest BCUT2D eigenvalue weighted by atomic mass is 32.1. The largest absolute Gasteiger partial charge is 0.302 e. The molecule has 2 aromatic heterocycles. The van der Waals surface area contributed by atoms with Crippen molar-refractivity contribution in [1.82, 2.24) is 19.8 Å². The third-order valence-corrected chi connectivity index (χ3v) is 5.41. The van der Waals surface area contributed by atoms with Gasteiger partial charge in [0.15, 0.2) is 5.13 Å². The van der Waals surface area contributed by atoms with Crippen molar-refractivity contribution in [2.75, 3.05) is 32.0 Å². The molecule has 3 rings (SSSR count). The summed E-state index contributed by atoms with van der Waals surface area (Å²) >= 11 is 1.56. The first-order chi connectivity index (χ1) is 12.0. The topological polar surface area (TPSA) is 61.4 Å². The lowest BCUT2D eigenvalue weighted by atomic mass is 10.0. The number of aromatic nitrogens is 2. The van der Waals surface area contributed by atoms with Crippen LogP contribution < -0.4 is 5.32 Å². The zero-order chi connectivity index (χ0) is 17.8. The molecule has 0 aliphatic carbocycles. The zero-order valence-corrected chi connectivity index (χ0v) is 15.8. The SMILES string of the molecule is CC(=O)Nc1ncc(CN2CCN(C)[C@H](Cc3ccnc(C)c3)C2)s1. The molecule has 3 heterocycles. The number of nitrogens with zero attached hydrogens (tertiary/aromatic N) is 4. The van der Waals surface area contributed by atoms with E-state index in [0.29, 0.717) is 11.2 Å². The Balaban J connectivity index is 1.60. The second-order valence-electron chi connectivity index (χ2n) is 6.69. The van der Waals surface area contributed by atoms with E-state index in [9.17, 15) is 4.79 Å². The number of rotatable bonds is 5. The van der Waals surface area contributed by atoms with Crippen molar-refractivity contribution in [3.63, 3.8) is 0 Å². The van der Waals surface area contributed by atoms with Gasteiger partial charge in [0.2, 0.25) is 5.91 Å². The van der Waals surface area contributed by atoms with Crippen molar-refractivity contribution in [2.24, 2.45) is 0 Å². The van der Waals surface area contributed by atoms with Gasteiger partial charge in [-0.3, -0.25) is 14.7 Å². The smallest absolute Gasteiger partial charge is 0.223 e. The number of piperazine rings is 1. The van der Waals surface area contributed by atoms with Crippen LogP contribution in [0.15, 0.2) is 24.5 Å². The van der Waals surface area contributed by atoms with Crippen LogP contribution in [0.4, 0.5) is 5.13 Å². The molecule has 0 aromatic carbocycles. The van der Waals surface area contributed by atoms with Crippen LogP contribution in [-0.4, -0.2) is 58.4 Å². The van der Waals surface area contributed by atoms with Gasteiger partial charge in [-0.2, -0.15) is 0 Å². The summed E-state index contributed by atoms with van der Waals surface area (Å²) in [5.41, 5.74) is 2.42. The number of carbonyl (C=O) groups excluding carboxylic acids is 1. The monoisotopic (exact) mass is 359 g/mol. The van der Waals surface area contributed by atoms with Crippen LogP contribution in [0.3, 0.4) is 0 Å². The average Bonchev–Trinajstić information content (AvgIpc) is 2.97. The Bertz CT molecular complexity index is 732. The summed E-state index contributed by atoms with van der Waals surface area (Å²) in [4.78, 5) is 25.8. The van der Waals surface area contributed by atoms with Gasteiger partial charge in [0.1, 0.15) is 0 Å². The number of thiazole rings is 1. The van der Waals surface area contributed by atoms with E-state index < -0.39 is 0 Å². The Morgan fingerprint density at radius 3 is 3.00 bits per heavy atom. The van der Waals surface area contributed by atoms with E-state index in [1.54, 1.807) is 11.3 Å². The zero-order valence-electron chi connectivity index (χ0n) is 15.0. The van der Waals surface area contributed by atoms with Gasteiger partial charge in [0.05, 0.1) is 0 Å². The molecule has 1 aliphatic heterocycles. The maximum Gasteiger partial charge on any atom is 0.223 e. The Kier molecular flexibility index (Phi) is 5.78. The molecule has 0 radical (unpaired) electrons. The quantitative estimate of drug-likeness (QED) is 0.886. The van der Waals surface area contributed by atoms with Crippen LogP contribution in [0.2, 0.25) is 0 Å². The number of aryl methyl sites for hydroxylation is 1. The van der Waals surface area contributed by atoms with E-state index in [-0.39, 0.29) is 5.91 Å². The average molecular weight is 359 g/mol. The van der Waals surface area contributed by atoms with Crippen LogP contribution in [0, 0.1) is 6.92 Å². The molecule has 25 heavy (non-hydrogen) atoms. The molecule has 2 aromatic rings. The molecule has 1 fully saturated rings. The minimum Gasteiger partial charge on any atom is -0.302 e. The summed E-state index contributed by atoms with van der Waals surface area (Å²) in [5, 5.41) is 3.43. The van der Waals surface area contributed by atoms with Crippen molar-refractivity contribution in [3.05, 3.63) is 40.7 Å². The summed E-state index contributed by atoms with van der Waals surface area (Å²) in [6, 6.07) is 4.79. The second kappa shape index (κ2) is 8.03. The van der Waals surface area contributed by atoms with Gasteiger partial charge in [-0.25, -0.2) is 4.98 Å². The van der Waals surface area contributed by atoms with Gasteiger partial charge in [0, 0.05) is 62.1 Å². The summed E-state index contributed by atoms with van der Waals surface area (Å²) < 4.78 is 0. The van der Waals surface area contributed by atoms with Crippen LogP contribution in [-0.2, 0) is 17.8 Å². The fourth-order valence-electron chi connectivity index (χ4n) is 3.19. The molecule has 1 atom stereocenters. The molecule has 6 nitrogen and oxygen atoms in total. The Morgan fingerprint density at radius 2 is 2.24 bits per heavy atom. The van der Waals surface area contributed by atoms with Gasteiger partial charge >= 0.3 is 0 Å². The molecular weight excluding hydrogens is 334 g/mol. The van der Waals surface area contributed by atoms with Crippen LogP contribution in [0.1, 0.15) is 23.1 Å². The van der Waals surface area contributed by atoms with Gasteiger partial charge in [-0.15, -0.1) is 11.3 Å². The minimum atomic E-state index is -0.0757. The highest BCUT2D eigenvalue weighted by Gasteiger charge is 2.25. The van der Waals surface area contributed by atoms with Crippen LogP contribution in [0.25, 0.3) is 0 Å². The van der Waals surface area contributed by atoms with E-state index in [1.165, 1.54) is 17.4 Å². The van der Waals surface area contributed by atoms with E-state index in [2.05, 4.69) is 44.3 Å². The lowest BCUT2D eigenvalue weighted by Crippen LogP contribution is -2.51. The molecule has 0 spiro atoms. The summed E-state index contributed by atoms with van der Waals surface area (Å²) in [5.74, 6) is -0.0757. The highest BCUT2D eigenvalue weighted by molar-refractivity contribution is 7.15. The molecule has 1 N–H and O–H groups in total. The highest BCUT2D eigenvalue weighted by Crippen LogP contribution is 2.22. The van der Waals surface area contributed by atoms with Crippen LogP contribution in [0.5, 0.6) is 0 Å². The van der Waals surface area contributed by atoms with Gasteiger partial charge in [-0.1, -0.05) is 0 Å².